The molecule has 0 saturated heterocycles. The Kier molecular flexibility index (Phi) is 9.16. The summed E-state index contributed by atoms with van der Waals surface area (Å²) < 4.78 is 0. The summed E-state index contributed by atoms with van der Waals surface area (Å²) >= 11 is 0. The SMILES string of the molecule is c1ccc(-c2cccc(-c3cc(-c4ccc(-c5cccc(-c6cc7c(-c8ccc9ccccc9c8)nc8ccccc8c7c7ccccc67)c5)cc4)nc(-c4ccccc4)n3)c2)cc1. The van der Waals surface area contributed by atoms with Crippen LogP contribution in [0.1, 0.15) is 0 Å². The highest BCUT2D eigenvalue weighted by Gasteiger charge is 2.18. The molecule has 298 valence electrons. The van der Waals surface area contributed by atoms with Gasteiger partial charge in [0.1, 0.15) is 0 Å². The van der Waals surface area contributed by atoms with Crippen molar-refractivity contribution in [3.8, 4) is 78.5 Å². The van der Waals surface area contributed by atoms with Gasteiger partial charge in [0, 0.05) is 38.4 Å². The van der Waals surface area contributed by atoms with Crippen LogP contribution in [0.15, 0.2) is 237 Å². The number of rotatable bonds is 7. The molecule has 64 heavy (non-hydrogen) atoms. The Hall–Kier alpha value is -8.53. The minimum atomic E-state index is 0.699. The fourth-order valence-electron chi connectivity index (χ4n) is 9.26. The number of hydrogen-bond donors (Lipinski definition) is 0. The molecule has 0 saturated carbocycles. The molecule has 0 bridgehead atoms. The Bertz CT molecular complexity index is 3710. The zero-order chi connectivity index (χ0) is 42.4. The highest BCUT2D eigenvalue weighted by atomic mass is 14.9. The second-order valence-electron chi connectivity index (χ2n) is 16.4. The maximum Gasteiger partial charge on any atom is 0.160 e. The topological polar surface area (TPSA) is 38.7 Å². The summed E-state index contributed by atoms with van der Waals surface area (Å²) in [4.78, 5) is 15.6. The van der Waals surface area contributed by atoms with E-state index in [1.54, 1.807) is 0 Å². The Labute approximate surface area is 371 Å². The van der Waals surface area contributed by atoms with Crippen LogP contribution in [-0.2, 0) is 0 Å². The van der Waals surface area contributed by atoms with Crippen molar-refractivity contribution < 1.29 is 0 Å². The van der Waals surface area contributed by atoms with Crippen LogP contribution < -0.4 is 0 Å². The molecule has 10 aromatic carbocycles. The lowest BCUT2D eigenvalue weighted by Crippen LogP contribution is -1.96. The van der Waals surface area contributed by atoms with Gasteiger partial charge in [-0.1, -0.05) is 200 Å². The smallest absolute Gasteiger partial charge is 0.160 e. The van der Waals surface area contributed by atoms with E-state index in [0.717, 1.165) is 77.9 Å². The van der Waals surface area contributed by atoms with Crippen molar-refractivity contribution in [3.63, 3.8) is 0 Å². The standard InChI is InChI=1S/C61H39N3/c1-3-15-40(16-4-1)47-22-14-24-49(36-47)58-39-57(63-61(64-58)44-18-5-2-6-19-44)43-32-29-42(30-33-43)46-21-13-23-48(35-46)54-38-55-59(52-26-10-9-25-51(52)54)53-27-11-12-28-56(53)62-60(55)50-34-31-41-17-7-8-20-45(41)37-50/h1-39H. The maximum absolute atomic E-state index is 5.37. The fourth-order valence-corrected chi connectivity index (χ4v) is 9.26. The molecule has 3 nitrogen and oxygen atoms in total. The molecule has 0 radical (unpaired) electrons. The summed E-state index contributed by atoms with van der Waals surface area (Å²) in [5.74, 6) is 0.699. The number of fused-ring (bicyclic) bond motifs is 6. The number of benzene rings is 10. The van der Waals surface area contributed by atoms with Gasteiger partial charge in [-0.25, -0.2) is 15.0 Å². The normalized spacial score (nSPS) is 11.4. The van der Waals surface area contributed by atoms with Crippen LogP contribution in [0.5, 0.6) is 0 Å². The van der Waals surface area contributed by atoms with E-state index in [9.17, 15) is 0 Å². The van der Waals surface area contributed by atoms with E-state index in [1.807, 2.05) is 24.3 Å². The first kappa shape index (κ1) is 37.2. The number of para-hydroxylation sites is 1. The van der Waals surface area contributed by atoms with Crippen molar-refractivity contribution in [2.45, 2.75) is 0 Å². The third-order valence-corrected chi connectivity index (χ3v) is 12.4. The number of hydrogen-bond acceptors (Lipinski definition) is 3. The van der Waals surface area contributed by atoms with Gasteiger partial charge in [-0.05, 0) is 91.3 Å². The van der Waals surface area contributed by atoms with Crippen LogP contribution >= 0.6 is 0 Å². The van der Waals surface area contributed by atoms with Crippen molar-refractivity contribution >= 4 is 43.2 Å². The number of nitrogens with zero attached hydrogens (tertiary/aromatic N) is 3. The van der Waals surface area contributed by atoms with Crippen molar-refractivity contribution in [2.75, 3.05) is 0 Å². The molecule has 12 rings (SSSR count). The summed E-state index contributed by atoms with van der Waals surface area (Å²) in [6.45, 7) is 0. The largest absolute Gasteiger partial charge is 0.247 e. The van der Waals surface area contributed by atoms with Crippen molar-refractivity contribution in [3.05, 3.63) is 237 Å². The van der Waals surface area contributed by atoms with Gasteiger partial charge in [0.25, 0.3) is 0 Å². The van der Waals surface area contributed by atoms with Gasteiger partial charge in [0.2, 0.25) is 0 Å². The van der Waals surface area contributed by atoms with E-state index in [2.05, 4.69) is 212 Å². The molecule has 0 spiro atoms. The van der Waals surface area contributed by atoms with E-state index in [-0.39, 0.29) is 0 Å². The van der Waals surface area contributed by atoms with Crippen LogP contribution in [0.25, 0.3) is 122 Å². The maximum atomic E-state index is 5.37. The van der Waals surface area contributed by atoms with Crippen molar-refractivity contribution in [1.82, 2.24) is 15.0 Å². The molecule has 0 atom stereocenters. The highest BCUT2D eigenvalue weighted by molar-refractivity contribution is 6.25. The van der Waals surface area contributed by atoms with Gasteiger partial charge in [-0.15, -0.1) is 0 Å². The molecule has 0 unspecified atom stereocenters. The summed E-state index contributed by atoms with van der Waals surface area (Å²) in [7, 11) is 0. The first-order chi connectivity index (χ1) is 31.7. The lowest BCUT2D eigenvalue weighted by atomic mass is 9.89. The van der Waals surface area contributed by atoms with Crippen molar-refractivity contribution in [2.24, 2.45) is 0 Å². The van der Waals surface area contributed by atoms with Gasteiger partial charge in [-0.3, -0.25) is 0 Å². The molecular weight excluding hydrogens is 775 g/mol. The summed E-state index contributed by atoms with van der Waals surface area (Å²) in [6.07, 6.45) is 0. The Morgan fingerprint density at radius 3 is 1.55 bits per heavy atom. The summed E-state index contributed by atoms with van der Waals surface area (Å²) in [5, 5.41) is 8.38. The van der Waals surface area contributed by atoms with E-state index < -0.39 is 0 Å². The van der Waals surface area contributed by atoms with Gasteiger partial charge in [0.15, 0.2) is 5.82 Å². The average Bonchev–Trinajstić information content (AvgIpc) is 3.38. The third kappa shape index (κ3) is 6.77. The quantitative estimate of drug-likeness (QED) is 0.150. The first-order valence-electron chi connectivity index (χ1n) is 21.8. The lowest BCUT2D eigenvalue weighted by molar-refractivity contribution is 1.18. The predicted molar refractivity (Wildman–Crippen MR) is 268 cm³/mol. The first-order valence-corrected chi connectivity index (χ1v) is 21.8. The second-order valence-corrected chi connectivity index (χ2v) is 16.4. The molecular formula is C61H39N3. The van der Waals surface area contributed by atoms with Gasteiger partial charge in [0.05, 0.1) is 22.6 Å². The molecule has 12 aromatic rings. The molecule has 2 heterocycles. The zero-order valence-electron chi connectivity index (χ0n) is 34.9. The van der Waals surface area contributed by atoms with E-state index >= 15 is 0 Å². The van der Waals surface area contributed by atoms with Gasteiger partial charge < -0.3 is 0 Å². The fraction of sp³-hybridized carbons (Fsp3) is 0. The van der Waals surface area contributed by atoms with E-state index in [1.165, 1.54) is 38.1 Å². The number of pyridine rings is 1. The lowest BCUT2D eigenvalue weighted by Gasteiger charge is -2.17. The third-order valence-electron chi connectivity index (χ3n) is 12.4. The van der Waals surface area contributed by atoms with E-state index in [4.69, 9.17) is 15.0 Å². The molecule has 0 aliphatic heterocycles. The molecule has 2 aromatic heterocycles. The second kappa shape index (κ2) is 15.7. The van der Waals surface area contributed by atoms with E-state index in [0.29, 0.717) is 5.82 Å². The Morgan fingerprint density at radius 2 is 0.781 bits per heavy atom. The van der Waals surface area contributed by atoms with Crippen LogP contribution in [-0.4, -0.2) is 15.0 Å². The molecule has 0 N–H and O–H groups in total. The minimum absolute atomic E-state index is 0.699. The monoisotopic (exact) mass is 813 g/mol. The van der Waals surface area contributed by atoms with Crippen LogP contribution in [0, 0.1) is 0 Å². The molecule has 0 aliphatic carbocycles. The molecule has 3 heteroatoms. The summed E-state index contributed by atoms with van der Waals surface area (Å²) in [6, 6.07) is 84.1. The van der Waals surface area contributed by atoms with Crippen LogP contribution in [0.3, 0.4) is 0 Å². The molecule has 0 aliphatic rings. The summed E-state index contributed by atoms with van der Waals surface area (Å²) in [5.41, 5.74) is 14.8. The molecule has 0 fully saturated rings. The zero-order valence-corrected chi connectivity index (χ0v) is 34.9. The minimum Gasteiger partial charge on any atom is -0.247 e. The Morgan fingerprint density at radius 1 is 0.250 bits per heavy atom. The van der Waals surface area contributed by atoms with Gasteiger partial charge in [-0.2, -0.15) is 0 Å². The Balaban J connectivity index is 0.958. The number of aromatic nitrogens is 3. The van der Waals surface area contributed by atoms with Crippen LogP contribution in [0.2, 0.25) is 0 Å². The van der Waals surface area contributed by atoms with Crippen LogP contribution in [0.4, 0.5) is 0 Å². The molecule has 0 amide bonds. The van der Waals surface area contributed by atoms with Gasteiger partial charge >= 0.3 is 0 Å². The highest BCUT2D eigenvalue weighted by Crippen LogP contribution is 2.43. The average molecular weight is 814 g/mol. The van der Waals surface area contributed by atoms with Crippen molar-refractivity contribution in [1.29, 1.82) is 0 Å². The predicted octanol–water partition coefficient (Wildman–Crippen LogP) is 16.2.